The van der Waals surface area contributed by atoms with Gasteiger partial charge < -0.3 is 12.1 Å². The number of rotatable bonds is 0. The largest absolute Gasteiger partial charge is 0.356 e. The van der Waals surface area contributed by atoms with Crippen molar-refractivity contribution in [3.8, 4) is 0 Å². The van der Waals surface area contributed by atoms with Crippen molar-refractivity contribution >= 4 is 0 Å². The molecule has 2 aliphatic carbocycles. The van der Waals surface area contributed by atoms with E-state index in [9.17, 15) is 4.39 Å². The summed E-state index contributed by atoms with van der Waals surface area (Å²) in [5.41, 5.74) is 2.30. The van der Waals surface area contributed by atoms with E-state index in [1.807, 2.05) is 39.8 Å². The van der Waals surface area contributed by atoms with Gasteiger partial charge in [-0.2, -0.15) is 0 Å². The van der Waals surface area contributed by atoms with Crippen LogP contribution in [-0.2, 0) is 42.1 Å². The van der Waals surface area contributed by atoms with Gasteiger partial charge in [-0.1, -0.05) is 81.1 Å². The molecule has 1 aromatic rings. The van der Waals surface area contributed by atoms with E-state index in [1.165, 1.54) is 44.1 Å². The van der Waals surface area contributed by atoms with Crippen LogP contribution in [0.1, 0.15) is 99.5 Å². The molecule has 0 radical (unpaired) electrons. The molecular formula is C25H47FW2-2. The second-order valence-corrected chi connectivity index (χ2v) is 8.04. The Bertz CT molecular complexity index is 390. The standard InChI is InChI=1S/C9H17F.C8H8.C6H12.2CH4.2W.H2/c1-6-4-7(2)9(10)8(3)5-6;1-7-3-5-8(2)6-4-7;1-2-4-6-5-3-1;;;;;/h6-9H,4-5H2,1-3H3;3-4H,1-2H3;1-6H2;2*1H4;;;1H/q;-2;;;;;;/i;;;;;;;1+1. The van der Waals surface area contributed by atoms with Gasteiger partial charge in [-0.15, -0.1) is 6.92 Å². The van der Waals surface area contributed by atoms with Crippen LogP contribution < -0.4 is 0 Å². The van der Waals surface area contributed by atoms with Gasteiger partial charge >= 0.3 is 0 Å². The van der Waals surface area contributed by atoms with Gasteiger partial charge in [0.25, 0.3) is 0 Å². The first kappa shape index (κ1) is 35.9. The molecule has 2 saturated carbocycles. The van der Waals surface area contributed by atoms with Gasteiger partial charge in [0, 0.05) is 43.6 Å². The minimum atomic E-state index is -0.545. The number of aryl methyl sites for hydroxylation is 2. The van der Waals surface area contributed by atoms with Crippen molar-refractivity contribution in [2.45, 2.75) is 107 Å². The third kappa shape index (κ3) is 16.3. The van der Waals surface area contributed by atoms with E-state index in [-0.39, 0.29) is 58.4 Å². The van der Waals surface area contributed by atoms with Crippen LogP contribution in [0.2, 0.25) is 0 Å². The predicted octanol–water partition coefficient (Wildman–Crippen LogP) is 8.78. The van der Waals surface area contributed by atoms with Gasteiger partial charge in [0.2, 0.25) is 0 Å². The molecule has 0 N–H and O–H groups in total. The molecule has 0 spiro atoms. The Morgan fingerprint density at radius 2 is 1.11 bits per heavy atom. The van der Waals surface area contributed by atoms with Gasteiger partial charge in [-0.05, 0) is 30.6 Å². The van der Waals surface area contributed by atoms with Gasteiger partial charge in [-0.3, -0.25) is 23.3 Å². The Balaban J connectivity index is -0.0000000935. The van der Waals surface area contributed by atoms with Crippen molar-refractivity contribution in [3.63, 3.8) is 0 Å². The minimum Gasteiger partial charge on any atom is -0.356 e. The van der Waals surface area contributed by atoms with Gasteiger partial charge in [-0.25, -0.2) is 4.39 Å². The first-order valence-corrected chi connectivity index (χ1v) is 9.90. The SMILES string of the molecule is C.C.C1CCCCC1.CC1CC(C)C(F)C(C)C1.Cc1[c-]cc(C)c[c-]1.[2HH].[W].[W]. The second-order valence-electron chi connectivity index (χ2n) is 8.04. The van der Waals surface area contributed by atoms with Crippen LogP contribution in [0.5, 0.6) is 0 Å². The van der Waals surface area contributed by atoms with E-state index in [2.05, 4.69) is 19.1 Å². The summed E-state index contributed by atoms with van der Waals surface area (Å²) in [5, 5.41) is 0. The number of halogens is 1. The maximum absolute atomic E-state index is 13.1. The van der Waals surface area contributed by atoms with Crippen LogP contribution in [0.4, 0.5) is 4.39 Å². The Hall–Kier alpha value is 0.527. The summed E-state index contributed by atoms with van der Waals surface area (Å²) in [4.78, 5) is 0. The molecule has 0 amide bonds. The fourth-order valence-electron chi connectivity index (χ4n) is 3.77. The van der Waals surface area contributed by atoms with Crippen molar-refractivity contribution in [2.24, 2.45) is 17.8 Å². The van der Waals surface area contributed by atoms with E-state index in [1.54, 1.807) is 0 Å². The molecule has 2 aliphatic rings. The fraction of sp³-hybridized carbons (Fsp3) is 0.760. The quantitative estimate of drug-likeness (QED) is 0.234. The van der Waals surface area contributed by atoms with Gasteiger partial charge in [0.05, 0.1) is 0 Å². The summed E-state index contributed by atoms with van der Waals surface area (Å²) in [5.74, 6) is 1.31. The molecule has 3 rings (SSSR count). The van der Waals surface area contributed by atoms with Crippen molar-refractivity contribution in [3.05, 3.63) is 35.4 Å². The van der Waals surface area contributed by atoms with Crippen molar-refractivity contribution < 1.29 is 47.9 Å². The van der Waals surface area contributed by atoms with Gasteiger partial charge in [0.1, 0.15) is 6.17 Å². The Labute approximate surface area is 207 Å². The number of benzene rings is 1. The van der Waals surface area contributed by atoms with Crippen molar-refractivity contribution in [1.29, 1.82) is 0 Å². The Morgan fingerprint density at radius 1 is 0.786 bits per heavy atom. The zero-order valence-corrected chi connectivity index (χ0v) is 23.2. The number of hydrogen-bond acceptors (Lipinski definition) is 0. The molecule has 3 heteroatoms. The Kier molecular flexibility index (Phi) is 26.7. The van der Waals surface area contributed by atoms with Crippen molar-refractivity contribution in [2.75, 3.05) is 0 Å². The van der Waals surface area contributed by atoms with Crippen LogP contribution in [0.15, 0.2) is 12.1 Å². The van der Waals surface area contributed by atoms with Crippen LogP contribution >= 0.6 is 0 Å². The first-order valence-electron chi connectivity index (χ1n) is 9.90. The summed E-state index contributed by atoms with van der Waals surface area (Å²) in [7, 11) is 0. The molecule has 0 aromatic heterocycles. The summed E-state index contributed by atoms with van der Waals surface area (Å²) in [6.45, 7) is 10.3. The predicted molar refractivity (Wildman–Crippen MR) is 118 cm³/mol. The average molecular weight is 735 g/mol. The third-order valence-corrected chi connectivity index (χ3v) is 5.17. The number of alkyl halides is 1. The first-order chi connectivity index (χ1) is 11.4. The molecule has 0 nitrogen and oxygen atoms in total. The monoisotopic (exact) mass is 735 g/mol. The fourth-order valence-corrected chi connectivity index (χ4v) is 3.77. The zero-order valence-electron chi connectivity index (χ0n) is 17.3. The molecule has 0 saturated heterocycles. The molecule has 2 atom stereocenters. The van der Waals surface area contributed by atoms with Crippen LogP contribution in [0.25, 0.3) is 0 Å². The molecule has 2 unspecified atom stereocenters. The van der Waals surface area contributed by atoms with Gasteiger partial charge in [0.15, 0.2) is 0 Å². The van der Waals surface area contributed by atoms with E-state index >= 15 is 0 Å². The van der Waals surface area contributed by atoms with Crippen LogP contribution in [0.3, 0.4) is 0 Å². The van der Waals surface area contributed by atoms with Crippen LogP contribution in [0, 0.1) is 43.7 Å². The van der Waals surface area contributed by atoms with E-state index in [0.29, 0.717) is 11.8 Å². The van der Waals surface area contributed by atoms with Crippen LogP contribution in [-0.4, -0.2) is 6.17 Å². The molecule has 2 fully saturated rings. The average Bonchev–Trinajstić information content (AvgIpc) is 2.58. The normalized spacial score (nSPS) is 25.4. The van der Waals surface area contributed by atoms with E-state index in [4.69, 9.17) is 0 Å². The topological polar surface area (TPSA) is 0 Å². The summed E-state index contributed by atoms with van der Waals surface area (Å²) < 4.78 is 13.1. The van der Waals surface area contributed by atoms with E-state index in [0.717, 1.165) is 24.3 Å². The maximum Gasteiger partial charge on any atom is 0.105 e. The second kappa shape index (κ2) is 20.8. The Morgan fingerprint density at radius 3 is 1.39 bits per heavy atom. The molecular weight excluding hydrogens is 687 g/mol. The molecule has 28 heavy (non-hydrogen) atoms. The summed E-state index contributed by atoms with van der Waals surface area (Å²) in [6, 6.07) is 10.0. The summed E-state index contributed by atoms with van der Waals surface area (Å²) in [6.07, 6.45) is 10.6. The molecule has 0 heterocycles. The molecule has 1 aromatic carbocycles. The number of hydrogen-bond donors (Lipinski definition) is 0. The third-order valence-electron chi connectivity index (χ3n) is 5.17. The molecule has 0 bridgehead atoms. The minimum absolute atomic E-state index is 0. The molecule has 168 valence electrons. The maximum atomic E-state index is 13.1. The smallest absolute Gasteiger partial charge is 0.105 e. The van der Waals surface area contributed by atoms with Crippen molar-refractivity contribution in [1.82, 2.24) is 0 Å². The molecule has 0 aliphatic heterocycles. The summed E-state index contributed by atoms with van der Waals surface area (Å²) >= 11 is 0. The van der Waals surface area contributed by atoms with E-state index < -0.39 is 6.17 Å². The zero-order chi connectivity index (χ0) is 17.9.